The van der Waals surface area contributed by atoms with Crippen molar-refractivity contribution in [2.75, 3.05) is 6.61 Å². The van der Waals surface area contributed by atoms with Crippen LogP contribution in [0, 0.1) is 13.8 Å². The highest BCUT2D eigenvalue weighted by atomic mass is 16.5. The maximum absolute atomic E-state index is 11.9. The van der Waals surface area contributed by atoms with E-state index >= 15 is 0 Å². The lowest BCUT2D eigenvalue weighted by Gasteiger charge is -1.99. The fraction of sp³-hybridized carbons (Fsp3) is 0.286. The van der Waals surface area contributed by atoms with Gasteiger partial charge in [-0.25, -0.2) is 4.79 Å². The van der Waals surface area contributed by atoms with E-state index in [-0.39, 0.29) is 6.61 Å². The molecule has 1 aromatic heterocycles. The van der Waals surface area contributed by atoms with Crippen LogP contribution >= 0.6 is 0 Å². The number of aromatic amines is 1. The van der Waals surface area contributed by atoms with Crippen LogP contribution < -0.4 is 0 Å². The molecule has 94 valence electrons. The lowest BCUT2D eigenvalue weighted by atomic mass is 10.1. The molecule has 0 saturated carbocycles. The van der Waals surface area contributed by atoms with Crippen molar-refractivity contribution in [3.8, 4) is 0 Å². The first-order valence-electron chi connectivity index (χ1n) is 5.85. The van der Waals surface area contributed by atoms with Crippen LogP contribution in [0.4, 0.5) is 0 Å². The molecule has 0 spiro atoms. The van der Waals surface area contributed by atoms with Gasteiger partial charge in [-0.15, -0.1) is 0 Å². The Kier molecular flexibility index (Phi) is 3.19. The molecule has 2 aromatic rings. The van der Waals surface area contributed by atoms with E-state index in [0.29, 0.717) is 5.69 Å². The van der Waals surface area contributed by atoms with Crippen molar-refractivity contribution in [1.82, 2.24) is 4.98 Å². The Balaban J connectivity index is 2.52. The number of aromatic nitrogens is 1. The number of ether oxygens (including phenoxy) is 1. The maximum atomic E-state index is 11.9. The van der Waals surface area contributed by atoms with Crippen LogP contribution in [0.25, 0.3) is 10.9 Å². The number of hydrogen-bond acceptors (Lipinski definition) is 3. The number of esters is 1. The standard InChI is InChI=1S/C14H15NO3/c1-4-18-14(17)13(16)12-9(3)10-7-5-6-8(2)11(10)15-12/h5-7,15H,4H2,1-3H3. The molecular formula is C14H15NO3. The molecule has 1 aromatic carbocycles. The molecule has 0 aliphatic rings. The first-order chi connectivity index (χ1) is 8.56. The van der Waals surface area contributed by atoms with Gasteiger partial charge in [-0.3, -0.25) is 4.79 Å². The minimum Gasteiger partial charge on any atom is -0.460 e. The van der Waals surface area contributed by atoms with E-state index in [9.17, 15) is 9.59 Å². The number of ketones is 1. The summed E-state index contributed by atoms with van der Waals surface area (Å²) in [5.41, 5.74) is 3.03. The van der Waals surface area contributed by atoms with Crippen molar-refractivity contribution in [2.45, 2.75) is 20.8 Å². The lowest BCUT2D eigenvalue weighted by Crippen LogP contribution is -2.18. The molecule has 0 bridgehead atoms. The molecule has 1 heterocycles. The van der Waals surface area contributed by atoms with Gasteiger partial charge in [-0.05, 0) is 31.9 Å². The fourth-order valence-electron chi connectivity index (χ4n) is 2.03. The summed E-state index contributed by atoms with van der Waals surface area (Å²) in [6.45, 7) is 5.65. The third-order valence-corrected chi connectivity index (χ3v) is 2.99. The van der Waals surface area contributed by atoms with Gasteiger partial charge in [0.1, 0.15) is 0 Å². The number of nitrogens with one attached hydrogen (secondary N) is 1. The number of Topliss-reactive ketones (excluding diaryl/α,β-unsaturated/α-hetero) is 1. The third kappa shape index (κ3) is 1.90. The molecule has 18 heavy (non-hydrogen) atoms. The first-order valence-corrected chi connectivity index (χ1v) is 5.85. The van der Waals surface area contributed by atoms with E-state index < -0.39 is 11.8 Å². The summed E-state index contributed by atoms with van der Waals surface area (Å²) >= 11 is 0. The van der Waals surface area contributed by atoms with Crippen molar-refractivity contribution in [2.24, 2.45) is 0 Å². The van der Waals surface area contributed by atoms with Crippen LogP contribution in [-0.2, 0) is 9.53 Å². The highest BCUT2D eigenvalue weighted by Gasteiger charge is 2.22. The predicted molar refractivity (Wildman–Crippen MR) is 68.7 cm³/mol. The minimum absolute atomic E-state index is 0.197. The Morgan fingerprint density at radius 3 is 2.61 bits per heavy atom. The second-order valence-corrected chi connectivity index (χ2v) is 4.17. The van der Waals surface area contributed by atoms with Crippen molar-refractivity contribution < 1.29 is 14.3 Å². The zero-order valence-corrected chi connectivity index (χ0v) is 10.7. The van der Waals surface area contributed by atoms with Gasteiger partial charge in [0.2, 0.25) is 0 Å². The molecule has 0 aliphatic carbocycles. The Labute approximate surface area is 105 Å². The van der Waals surface area contributed by atoms with Crippen LogP contribution in [0.2, 0.25) is 0 Å². The van der Waals surface area contributed by atoms with Gasteiger partial charge in [0.15, 0.2) is 0 Å². The normalized spacial score (nSPS) is 10.6. The molecule has 0 unspecified atom stereocenters. The van der Waals surface area contributed by atoms with E-state index in [2.05, 4.69) is 4.98 Å². The number of hydrogen-bond donors (Lipinski definition) is 1. The van der Waals surface area contributed by atoms with Gasteiger partial charge in [-0.2, -0.15) is 0 Å². The molecule has 4 heteroatoms. The average molecular weight is 245 g/mol. The number of aryl methyl sites for hydroxylation is 2. The van der Waals surface area contributed by atoms with Gasteiger partial charge >= 0.3 is 5.97 Å². The number of fused-ring (bicyclic) bond motifs is 1. The van der Waals surface area contributed by atoms with Crippen molar-refractivity contribution in [1.29, 1.82) is 0 Å². The van der Waals surface area contributed by atoms with Crippen molar-refractivity contribution in [3.63, 3.8) is 0 Å². The van der Waals surface area contributed by atoms with Gasteiger partial charge in [0, 0.05) is 10.9 Å². The number of carbonyl (C=O) groups is 2. The van der Waals surface area contributed by atoms with E-state index in [4.69, 9.17) is 4.74 Å². The van der Waals surface area contributed by atoms with E-state index in [1.807, 2.05) is 32.0 Å². The molecule has 1 N–H and O–H groups in total. The molecule has 0 amide bonds. The molecule has 0 fully saturated rings. The zero-order chi connectivity index (χ0) is 13.3. The summed E-state index contributed by atoms with van der Waals surface area (Å²) in [4.78, 5) is 26.4. The number of carbonyl (C=O) groups excluding carboxylic acids is 2. The molecule has 0 radical (unpaired) electrons. The molecule has 0 saturated heterocycles. The number of H-pyrrole nitrogens is 1. The van der Waals surface area contributed by atoms with Crippen LogP contribution in [0.1, 0.15) is 28.5 Å². The summed E-state index contributed by atoms with van der Waals surface area (Å²) < 4.78 is 4.73. The van der Waals surface area contributed by atoms with Gasteiger partial charge in [-0.1, -0.05) is 18.2 Å². The quantitative estimate of drug-likeness (QED) is 0.513. The maximum Gasteiger partial charge on any atom is 0.381 e. The Bertz CT molecular complexity index is 625. The number of para-hydroxylation sites is 1. The zero-order valence-electron chi connectivity index (χ0n) is 10.7. The smallest absolute Gasteiger partial charge is 0.381 e. The Morgan fingerprint density at radius 1 is 1.28 bits per heavy atom. The summed E-state index contributed by atoms with van der Waals surface area (Å²) in [6, 6.07) is 5.81. The van der Waals surface area contributed by atoms with Crippen molar-refractivity contribution in [3.05, 3.63) is 35.0 Å². The predicted octanol–water partition coefficient (Wildman–Crippen LogP) is 2.53. The SMILES string of the molecule is CCOC(=O)C(=O)c1[nH]c2c(C)cccc2c1C. The van der Waals surface area contributed by atoms with E-state index in [1.54, 1.807) is 6.92 Å². The van der Waals surface area contributed by atoms with Gasteiger partial charge in [0.25, 0.3) is 5.78 Å². The molecule has 2 rings (SSSR count). The summed E-state index contributed by atoms with van der Waals surface area (Å²) in [5.74, 6) is -1.44. The van der Waals surface area contributed by atoms with E-state index in [1.165, 1.54) is 0 Å². The minimum atomic E-state index is -0.815. The van der Waals surface area contributed by atoms with Crippen LogP contribution in [0.15, 0.2) is 18.2 Å². The summed E-state index contributed by atoms with van der Waals surface area (Å²) in [5, 5.41) is 0.961. The fourth-order valence-corrected chi connectivity index (χ4v) is 2.03. The molecule has 4 nitrogen and oxygen atoms in total. The Morgan fingerprint density at radius 2 is 2.00 bits per heavy atom. The largest absolute Gasteiger partial charge is 0.460 e. The highest BCUT2D eigenvalue weighted by Crippen LogP contribution is 2.24. The van der Waals surface area contributed by atoms with Gasteiger partial charge in [0.05, 0.1) is 12.3 Å². The average Bonchev–Trinajstić information content (AvgIpc) is 2.68. The summed E-state index contributed by atoms with van der Waals surface area (Å²) in [7, 11) is 0. The molecular weight excluding hydrogens is 230 g/mol. The monoisotopic (exact) mass is 245 g/mol. The van der Waals surface area contributed by atoms with Gasteiger partial charge < -0.3 is 9.72 Å². The second-order valence-electron chi connectivity index (χ2n) is 4.17. The third-order valence-electron chi connectivity index (χ3n) is 2.99. The lowest BCUT2D eigenvalue weighted by molar-refractivity contribution is -0.137. The number of rotatable bonds is 3. The molecule has 0 aliphatic heterocycles. The topological polar surface area (TPSA) is 59.2 Å². The molecule has 0 atom stereocenters. The number of benzene rings is 1. The Hall–Kier alpha value is -2.10. The second kappa shape index (κ2) is 4.64. The van der Waals surface area contributed by atoms with Crippen LogP contribution in [-0.4, -0.2) is 23.3 Å². The highest BCUT2D eigenvalue weighted by molar-refractivity contribution is 6.41. The van der Waals surface area contributed by atoms with Crippen LogP contribution in [0.3, 0.4) is 0 Å². The first kappa shape index (κ1) is 12.4. The van der Waals surface area contributed by atoms with E-state index in [0.717, 1.165) is 22.0 Å². The van der Waals surface area contributed by atoms with Crippen LogP contribution in [0.5, 0.6) is 0 Å². The summed E-state index contributed by atoms with van der Waals surface area (Å²) in [6.07, 6.45) is 0. The van der Waals surface area contributed by atoms with Crippen molar-refractivity contribution >= 4 is 22.7 Å².